The lowest BCUT2D eigenvalue weighted by Gasteiger charge is -2.38. The summed E-state index contributed by atoms with van der Waals surface area (Å²) in [7, 11) is 1.58. The Morgan fingerprint density at radius 2 is 2.03 bits per heavy atom. The maximum Gasteiger partial charge on any atom is 0.199 e. The fourth-order valence-corrected chi connectivity index (χ4v) is 5.30. The van der Waals surface area contributed by atoms with Gasteiger partial charge in [-0.15, -0.1) is 11.3 Å². The first-order chi connectivity index (χ1) is 13.7. The number of nitrogens with zero attached hydrogens (tertiary/aromatic N) is 1. The number of methoxy groups -OCH3 is 1. The smallest absolute Gasteiger partial charge is 0.199 e. The zero-order chi connectivity index (χ0) is 20.8. The van der Waals surface area contributed by atoms with Crippen molar-refractivity contribution in [2.75, 3.05) is 7.11 Å². The number of pyridine rings is 1. The Morgan fingerprint density at radius 1 is 1.28 bits per heavy atom. The molecule has 1 N–H and O–H groups in total. The molecule has 1 aliphatic rings. The molecule has 154 valence electrons. The molecule has 6 heteroatoms. The molecule has 1 atom stereocenters. The third kappa shape index (κ3) is 3.83. The van der Waals surface area contributed by atoms with Crippen molar-refractivity contribution in [2.45, 2.75) is 50.7 Å². The predicted octanol–water partition coefficient (Wildman–Crippen LogP) is 4.72. The summed E-state index contributed by atoms with van der Waals surface area (Å²) in [5.74, 6) is 0.497. The van der Waals surface area contributed by atoms with Gasteiger partial charge in [-0.3, -0.25) is 4.79 Å². The van der Waals surface area contributed by atoms with E-state index in [9.17, 15) is 14.3 Å². The summed E-state index contributed by atoms with van der Waals surface area (Å²) in [6, 6.07) is 8.02. The second-order valence-electron chi connectivity index (χ2n) is 8.73. The molecule has 0 spiro atoms. The van der Waals surface area contributed by atoms with Gasteiger partial charge in [0.1, 0.15) is 11.6 Å². The first-order valence-corrected chi connectivity index (χ1v) is 10.7. The first-order valence-electron chi connectivity index (χ1n) is 9.86. The highest BCUT2D eigenvalue weighted by atomic mass is 32.1. The predicted molar refractivity (Wildman–Crippen MR) is 114 cm³/mol. The van der Waals surface area contributed by atoms with E-state index in [0.717, 1.165) is 23.9 Å². The summed E-state index contributed by atoms with van der Waals surface area (Å²) in [6.07, 6.45) is 4.17. The van der Waals surface area contributed by atoms with Crippen LogP contribution in [0.5, 0.6) is 5.75 Å². The molecule has 0 bridgehead atoms. The van der Waals surface area contributed by atoms with Crippen LogP contribution in [-0.4, -0.2) is 22.4 Å². The molecule has 1 saturated carbocycles. The fourth-order valence-electron chi connectivity index (χ4n) is 4.48. The highest BCUT2D eigenvalue weighted by Crippen LogP contribution is 2.48. The lowest BCUT2D eigenvalue weighted by atomic mass is 9.73. The highest BCUT2D eigenvalue weighted by molar-refractivity contribution is 7.17. The SMILES string of the molecule is COc1ccc(F)cc1C(C)(C)CC(O)(Cn1ccc(=O)c2sccc21)C1CC1. The number of aromatic nitrogens is 1. The Labute approximate surface area is 173 Å². The van der Waals surface area contributed by atoms with Gasteiger partial charge < -0.3 is 14.4 Å². The van der Waals surface area contributed by atoms with E-state index in [4.69, 9.17) is 4.74 Å². The third-order valence-electron chi connectivity index (χ3n) is 6.00. The number of aliphatic hydroxyl groups is 1. The quantitative estimate of drug-likeness (QED) is 0.608. The van der Waals surface area contributed by atoms with Gasteiger partial charge >= 0.3 is 0 Å². The largest absolute Gasteiger partial charge is 0.496 e. The molecule has 2 aromatic heterocycles. The summed E-state index contributed by atoms with van der Waals surface area (Å²) in [4.78, 5) is 12.1. The molecule has 1 aromatic carbocycles. The summed E-state index contributed by atoms with van der Waals surface area (Å²) < 4.78 is 22.1. The van der Waals surface area contributed by atoms with Gasteiger partial charge in [0.2, 0.25) is 0 Å². The van der Waals surface area contributed by atoms with Gasteiger partial charge in [-0.05, 0) is 60.2 Å². The Kier molecular flexibility index (Phi) is 5.03. The van der Waals surface area contributed by atoms with E-state index in [2.05, 4.69) is 0 Å². The monoisotopic (exact) mass is 415 g/mol. The van der Waals surface area contributed by atoms with Crippen LogP contribution in [0.2, 0.25) is 0 Å². The fraction of sp³-hybridized carbons (Fsp3) is 0.435. The van der Waals surface area contributed by atoms with E-state index in [1.54, 1.807) is 25.4 Å². The van der Waals surface area contributed by atoms with Crippen LogP contribution in [0.3, 0.4) is 0 Å². The van der Waals surface area contributed by atoms with Gasteiger partial charge in [-0.1, -0.05) is 13.8 Å². The number of hydrogen-bond donors (Lipinski definition) is 1. The molecular weight excluding hydrogens is 389 g/mol. The average molecular weight is 416 g/mol. The molecule has 29 heavy (non-hydrogen) atoms. The molecule has 4 rings (SSSR count). The van der Waals surface area contributed by atoms with Crippen molar-refractivity contribution >= 4 is 21.6 Å². The lowest BCUT2D eigenvalue weighted by molar-refractivity contribution is -0.0230. The molecule has 0 saturated heterocycles. The molecule has 1 aliphatic carbocycles. The Morgan fingerprint density at radius 3 is 2.72 bits per heavy atom. The Balaban J connectivity index is 1.70. The van der Waals surface area contributed by atoms with E-state index in [0.29, 0.717) is 23.4 Å². The topological polar surface area (TPSA) is 51.5 Å². The minimum absolute atomic E-state index is 0.00559. The first kappa shape index (κ1) is 20.1. The van der Waals surface area contributed by atoms with Crippen molar-refractivity contribution in [3.8, 4) is 5.75 Å². The number of halogens is 1. The van der Waals surface area contributed by atoms with Gasteiger partial charge in [0.05, 0.1) is 29.5 Å². The second-order valence-corrected chi connectivity index (χ2v) is 9.64. The van der Waals surface area contributed by atoms with E-state index in [1.165, 1.54) is 23.5 Å². The van der Waals surface area contributed by atoms with E-state index in [1.807, 2.05) is 29.9 Å². The standard InChI is InChI=1S/C23H26FNO3S/c1-22(2,17-12-16(24)6-7-20(17)28-3)13-23(27,15-4-5-15)14-25-10-8-19(26)21-18(25)9-11-29-21/h6-12,15,27H,4-5,13-14H2,1-3H3. The molecule has 0 aliphatic heterocycles. The van der Waals surface area contributed by atoms with E-state index >= 15 is 0 Å². The number of ether oxygens (including phenoxy) is 1. The number of rotatable bonds is 7. The molecule has 2 heterocycles. The zero-order valence-electron chi connectivity index (χ0n) is 16.9. The van der Waals surface area contributed by atoms with Gasteiger partial charge in [-0.2, -0.15) is 0 Å². The van der Waals surface area contributed by atoms with Crippen LogP contribution in [0.15, 0.2) is 46.7 Å². The molecule has 3 aromatic rings. The van der Waals surface area contributed by atoms with E-state index < -0.39 is 11.0 Å². The van der Waals surface area contributed by atoms with Crippen LogP contribution >= 0.6 is 11.3 Å². The maximum absolute atomic E-state index is 14.0. The number of thiophene rings is 1. The third-order valence-corrected chi connectivity index (χ3v) is 6.92. The molecular formula is C23H26FNO3S. The minimum atomic E-state index is -0.967. The van der Waals surface area contributed by atoms with Crippen LogP contribution in [0.4, 0.5) is 4.39 Å². The Hall–Kier alpha value is -2.18. The van der Waals surface area contributed by atoms with Gasteiger partial charge in [0.25, 0.3) is 0 Å². The van der Waals surface area contributed by atoms with E-state index in [-0.39, 0.29) is 17.2 Å². The molecule has 0 radical (unpaired) electrons. The molecule has 1 fully saturated rings. The van der Waals surface area contributed by atoms with Gasteiger partial charge in [0, 0.05) is 17.8 Å². The van der Waals surface area contributed by atoms with Crippen molar-refractivity contribution < 1.29 is 14.2 Å². The molecule has 1 unspecified atom stereocenters. The number of fused-ring (bicyclic) bond motifs is 1. The summed E-state index contributed by atoms with van der Waals surface area (Å²) in [5.41, 5.74) is 0.135. The van der Waals surface area contributed by atoms with Crippen molar-refractivity contribution in [3.63, 3.8) is 0 Å². The summed E-state index contributed by atoms with van der Waals surface area (Å²) in [6.45, 7) is 4.43. The van der Waals surface area contributed by atoms with Gasteiger partial charge in [0.15, 0.2) is 5.43 Å². The Bertz CT molecular complexity index is 1100. The van der Waals surface area contributed by atoms with Gasteiger partial charge in [-0.25, -0.2) is 4.39 Å². The van der Waals surface area contributed by atoms with Crippen molar-refractivity contribution in [3.05, 3.63) is 63.5 Å². The van der Waals surface area contributed by atoms with Crippen LogP contribution in [-0.2, 0) is 12.0 Å². The van der Waals surface area contributed by atoms with Crippen LogP contribution in [0, 0.1) is 11.7 Å². The van der Waals surface area contributed by atoms with Crippen molar-refractivity contribution in [1.29, 1.82) is 0 Å². The normalized spacial score (nSPS) is 16.7. The zero-order valence-corrected chi connectivity index (χ0v) is 17.8. The summed E-state index contributed by atoms with van der Waals surface area (Å²) in [5, 5.41) is 13.7. The average Bonchev–Trinajstić information content (AvgIpc) is 3.41. The molecule has 0 amide bonds. The van der Waals surface area contributed by atoms with Crippen molar-refractivity contribution in [1.82, 2.24) is 4.57 Å². The number of hydrogen-bond acceptors (Lipinski definition) is 4. The van der Waals surface area contributed by atoms with Crippen LogP contribution < -0.4 is 10.2 Å². The van der Waals surface area contributed by atoms with Crippen molar-refractivity contribution in [2.24, 2.45) is 5.92 Å². The van der Waals surface area contributed by atoms with Crippen LogP contribution in [0.25, 0.3) is 10.2 Å². The highest BCUT2D eigenvalue weighted by Gasteiger charge is 2.47. The lowest BCUT2D eigenvalue weighted by Crippen LogP contribution is -2.42. The molecule has 4 nitrogen and oxygen atoms in total. The van der Waals surface area contributed by atoms with Crippen LogP contribution in [0.1, 0.15) is 38.7 Å². The summed E-state index contributed by atoms with van der Waals surface area (Å²) >= 11 is 1.42. The minimum Gasteiger partial charge on any atom is -0.496 e. The number of benzene rings is 1. The second kappa shape index (κ2) is 7.26. The maximum atomic E-state index is 14.0.